The van der Waals surface area contributed by atoms with E-state index in [-0.39, 0.29) is 5.84 Å². The van der Waals surface area contributed by atoms with E-state index in [0.29, 0.717) is 50.5 Å². The zero-order valence-corrected chi connectivity index (χ0v) is 20.8. The summed E-state index contributed by atoms with van der Waals surface area (Å²) >= 11 is 0. The Morgan fingerprint density at radius 3 is 2.12 bits per heavy atom. The maximum Gasteiger partial charge on any atom is 0.436 e. The maximum atomic E-state index is 12.4. The number of unbranched alkanes of at least 4 members (excludes halogenated alkanes) is 3. The van der Waals surface area contributed by atoms with Crippen molar-refractivity contribution < 1.29 is 23.9 Å². The Bertz CT molecular complexity index is 861. The molecule has 1 saturated heterocycles. The van der Waals surface area contributed by atoms with Gasteiger partial charge >= 0.3 is 17.9 Å². The van der Waals surface area contributed by atoms with Crippen molar-refractivity contribution in [1.29, 1.82) is 0 Å². The lowest BCUT2D eigenvalue weighted by molar-refractivity contribution is -0.156. The minimum Gasteiger partial charge on any atom is -0.494 e. The van der Waals surface area contributed by atoms with Gasteiger partial charge in [0.2, 0.25) is 0 Å². The van der Waals surface area contributed by atoms with Crippen molar-refractivity contribution in [1.82, 2.24) is 9.80 Å². The molecule has 9 nitrogen and oxygen atoms in total. The molecule has 0 aliphatic carbocycles. The van der Waals surface area contributed by atoms with Gasteiger partial charge in [-0.05, 0) is 57.9 Å². The molecule has 2 rings (SSSR count). The van der Waals surface area contributed by atoms with Crippen LogP contribution in [0.15, 0.2) is 29.3 Å². The van der Waals surface area contributed by atoms with E-state index in [0.717, 1.165) is 25.7 Å². The van der Waals surface area contributed by atoms with Crippen LogP contribution in [0.2, 0.25) is 0 Å². The van der Waals surface area contributed by atoms with Crippen molar-refractivity contribution in [3.8, 4) is 5.75 Å². The van der Waals surface area contributed by atoms with Crippen LogP contribution < -0.4 is 10.5 Å². The fraction of sp³-hybridized carbons (Fsp3) is 0.600. The summed E-state index contributed by atoms with van der Waals surface area (Å²) in [5.74, 6) is -0.127. The molecule has 1 aliphatic rings. The molecular weight excluding hydrogens is 436 g/mol. The van der Waals surface area contributed by atoms with Crippen LogP contribution in [-0.4, -0.2) is 71.9 Å². The largest absolute Gasteiger partial charge is 0.494 e. The van der Waals surface area contributed by atoms with Crippen LogP contribution >= 0.6 is 0 Å². The first kappa shape index (κ1) is 27.1. The first-order valence-corrected chi connectivity index (χ1v) is 12.0. The minimum atomic E-state index is -0.740. The Morgan fingerprint density at radius 2 is 1.56 bits per heavy atom. The van der Waals surface area contributed by atoms with E-state index in [9.17, 15) is 14.4 Å². The highest BCUT2D eigenvalue weighted by Gasteiger charge is 2.31. The molecule has 0 saturated carbocycles. The maximum absolute atomic E-state index is 12.4. The number of aliphatic imine (C=N–C) groups is 1. The third-order valence-electron chi connectivity index (χ3n) is 5.28. The Hall–Kier alpha value is -3.10. The van der Waals surface area contributed by atoms with Crippen molar-refractivity contribution in [2.75, 3.05) is 32.8 Å². The lowest BCUT2D eigenvalue weighted by Crippen LogP contribution is -2.54. The predicted molar refractivity (Wildman–Crippen MR) is 131 cm³/mol. The first-order chi connectivity index (χ1) is 16.1. The smallest absolute Gasteiger partial charge is 0.436 e. The number of carbonyl (C=O) groups excluding carboxylic acids is 3. The third kappa shape index (κ3) is 9.03. The van der Waals surface area contributed by atoms with Gasteiger partial charge in [-0.2, -0.15) is 4.99 Å². The van der Waals surface area contributed by atoms with Crippen molar-refractivity contribution in [2.24, 2.45) is 10.7 Å². The van der Waals surface area contributed by atoms with Gasteiger partial charge in [-0.25, -0.2) is 4.79 Å². The molecule has 34 heavy (non-hydrogen) atoms. The van der Waals surface area contributed by atoms with Gasteiger partial charge in [0.1, 0.15) is 17.2 Å². The first-order valence-electron chi connectivity index (χ1n) is 12.0. The Balaban J connectivity index is 1.73. The predicted octanol–water partition coefficient (Wildman–Crippen LogP) is 3.35. The second-order valence-corrected chi connectivity index (χ2v) is 9.35. The van der Waals surface area contributed by atoms with Gasteiger partial charge in [-0.3, -0.25) is 9.59 Å². The van der Waals surface area contributed by atoms with E-state index >= 15 is 0 Å². The molecule has 0 unspecified atom stereocenters. The highest BCUT2D eigenvalue weighted by molar-refractivity contribution is 6.35. The molecule has 0 aromatic heterocycles. The highest BCUT2D eigenvalue weighted by atomic mass is 16.6. The summed E-state index contributed by atoms with van der Waals surface area (Å²) in [7, 11) is 0. The Labute approximate surface area is 202 Å². The van der Waals surface area contributed by atoms with Crippen molar-refractivity contribution >= 4 is 23.7 Å². The summed E-state index contributed by atoms with van der Waals surface area (Å²) in [6, 6.07) is 6.89. The summed E-state index contributed by atoms with van der Waals surface area (Å²) in [5, 5.41) is 0. The molecule has 1 aliphatic heterocycles. The number of carbonyl (C=O) groups is 3. The number of ether oxygens (including phenoxy) is 2. The van der Waals surface area contributed by atoms with Gasteiger partial charge in [0.25, 0.3) is 0 Å². The van der Waals surface area contributed by atoms with Gasteiger partial charge in [-0.15, -0.1) is 0 Å². The minimum absolute atomic E-state index is 0.0634. The average molecular weight is 475 g/mol. The van der Waals surface area contributed by atoms with E-state index in [1.54, 1.807) is 54.8 Å². The van der Waals surface area contributed by atoms with Gasteiger partial charge in [0.15, 0.2) is 0 Å². The molecule has 0 spiro atoms. The fourth-order valence-corrected chi connectivity index (χ4v) is 3.49. The number of hydrogen-bond acceptors (Lipinski definition) is 5. The quantitative estimate of drug-likeness (QED) is 0.228. The third-order valence-corrected chi connectivity index (χ3v) is 5.28. The molecule has 2 N–H and O–H groups in total. The summed E-state index contributed by atoms with van der Waals surface area (Å²) < 4.78 is 10.9. The molecule has 9 heteroatoms. The van der Waals surface area contributed by atoms with Crippen molar-refractivity contribution in [3.63, 3.8) is 0 Å². The lowest BCUT2D eigenvalue weighted by Gasteiger charge is -2.33. The summed E-state index contributed by atoms with van der Waals surface area (Å²) in [5.41, 5.74) is 5.82. The van der Waals surface area contributed by atoms with Crippen LogP contribution in [0.4, 0.5) is 4.79 Å². The molecular formula is C25H38N4O5. The number of amides is 3. The van der Waals surface area contributed by atoms with Crippen molar-refractivity contribution in [2.45, 2.75) is 65.4 Å². The fourth-order valence-electron chi connectivity index (χ4n) is 3.49. The molecule has 1 heterocycles. The number of amidine groups is 1. The topological polar surface area (TPSA) is 115 Å². The lowest BCUT2D eigenvalue weighted by atomic mass is 10.2. The summed E-state index contributed by atoms with van der Waals surface area (Å²) in [4.78, 5) is 43.5. The highest BCUT2D eigenvalue weighted by Crippen LogP contribution is 2.14. The number of benzene rings is 1. The molecule has 1 aromatic carbocycles. The zero-order valence-electron chi connectivity index (χ0n) is 20.8. The average Bonchev–Trinajstić information content (AvgIpc) is 2.77. The summed E-state index contributed by atoms with van der Waals surface area (Å²) in [6.07, 6.45) is 4.19. The van der Waals surface area contributed by atoms with E-state index in [4.69, 9.17) is 15.2 Å². The van der Waals surface area contributed by atoms with Crippen LogP contribution in [-0.2, 0) is 14.3 Å². The van der Waals surface area contributed by atoms with Gasteiger partial charge in [-0.1, -0.05) is 26.2 Å². The molecule has 1 aromatic rings. The second-order valence-electron chi connectivity index (χ2n) is 9.35. The number of nitrogens with two attached hydrogens (primary N) is 1. The van der Waals surface area contributed by atoms with Crippen LogP contribution in [0.5, 0.6) is 5.75 Å². The molecule has 188 valence electrons. The molecule has 1 fully saturated rings. The molecule has 0 radical (unpaired) electrons. The van der Waals surface area contributed by atoms with Gasteiger partial charge < -0.3 is 25.0 Å². The van der Waals surface area contributed by atoms with Gasteiger partial charge in [0.05, 0.1) is 6.61 Å². The Morgan fingerprint density at radius 1 is 0.971 bits per heavy atom. The number of nitrogens with zero attached hydrogens (tertiary/aromatic N) is 3. The summed E-state index contributed by atoms with van der Waals surface area (Å²) in [6.45, 7) is 10.1. The monoisotopic (exact) mass is 474 g/mol. The van der Waals surface area contributed by atoms with E-state index < -0.39 is 23.5 Å². The standard InChI is InChI=1S/C25H38N4O5/c1-5-6-7-8-14-28-16-17-29(23(31)22(28)30)15-9-18-33-20-12-10-19(11-13-20)21(26)27-24(32)34-25(2,3)4/h10-13H,5-9,14-18H2,1-4H3,(H2,26,27,32). The van der Waals surface area contributed by atoms with Crippen LogP contribution in [0.3, 0.4) is 0 Å². The Kier molecular flexibility index (Phi) is 10.3. The van der Waals surface area contributed by atoms with Crippen LogP contribution in [0, 0.1) is 0 Å². The zero-order chi connectivity index (χ0) is 25.1. The SMILES string of the molecule is CCCCCCN1CCN(CCCOc2ccc(/C(N)=N/C(=O)OC(C)(C)C)cc2)C(=O)C1=O. The second kappa shape index (κ2) is 13.0. The van der Waals surface area contributed by atoms with Crippen molar-refractivity contribution in [3.05, 3.63) is 29.8 Å². The number of piperazine rings is 1. The van der Waals surface area contributed by atoms with Gasteiger partial charge in [0, 0.05) is 31.7 Å². The van der Waals surface area contributed by atoms with Crippen LogP contribution in [0.25, 0.3) is 0 Å². The number of rotatable bonds is 11. The van der Waals surface area contributed by atoms with E-state index in [2.05, 4.69) is 11.9 Å². The number of hydrogen-bond donors (Lipinski definition) is 1. The molecule has 0 atom stereocenters. The van der Waals surface area contributed by atoms with E-state index in [1.807, 2.05) is 0 Å². The molecule has 3 amide bonds. The van der Waals surface area contributed by atoms with Crippen LogP contribution in [0.1, 0.15) is 65.4 Å². The van der Waals surface area contributed by atoms with E-state index in [1.165, 1.54) is 0 Å². The normalized spacial score (nSPS) is 15.0. The molecule has 0 bridgehead atoms.